The van der Waals surface area contributed by atoms with Crippen LogP contribution < -0.4 is 0 Å². The number of carbonyl (C=O) groups is 1. The van der Waals surface area contributed by atoms with Crippen molar-refractivity contribution < 1.29 is 14.6 Å². The van der Waals surface area contributed by atoms with Crippen molar-refractivity contribution in [1.82, 2.24) is 9.55 Å². The predicted molar refractivity (Wildman–Crippen MR) is 71.2 cm³/mol. The standard InChI is InChI=1S/C12H10N4O5/c1-7-6-14(8(2)13-7)12(17)9-3-10(15(18)19)5-11(4-9)16(20)21/h3-6H,1-2H3. The number of aryl methyl sites for hydroxylation is 2. The van der Waals surface area contributed by atoms with Gasteiger partial charge in [0, 0.05) is 18.3 Å². The number of carbonyl (C=O) groups excluding carboxylic acids is 1. The molecule has 0 aliphatic rings. The monoisotopic (exact) mass is 290 g/mol. The van der Waals surface area contributed by atoms with Gasteiger partial charge in [0.05, 0.1) is 27.2 Å². The Morgan fingerprint density at radius 1 is 1.10 bits per heavy atom. The number of hydrogen-bond acceptors (Lipinski definition) is 6. The summed E-state index contributed by atoms with van der Waals surface area (Å²) >= 11 is 0. The summed E-state index contributed by atoms with van der Waals surface area (Å²) in [6.07, 6.45) is 1.46. The molecule has 0 N–H and O–H groups in total. The maximum Gasteiger partial charge on any atom is 0.277 e. The summed E-state index contributed by atoms with van der Waals surface area (Å²) in [5, 5.41) is 21.6. The van der Waals surface area contributed by atoms with Gasteiger partial charge in [0.1, 0.15) is 5.82 Å². The van der Waals surface area contributed by atoms with E-state index in [-0.39, 0.29) is 5.56 Å². The highest BCUT2D eigenvalue weighted by atomic mass is 16.6. The van der Waals surface area contributed by atoms with Gasteiger partial charge in [-0.15, -0.1) is 0 Å². The SMILES string of the molecule is Cc1cn(C(=O)c2cc([N+](=O)[O-])cc([N+](=O)[O-])c2)c(C)n1. The summed E-state index contributed by atoms with van der Waals surface area (Å²) in [5.74, 6) is -0.216. The zero-order chi connectivity index (χ0) is 15.7. The number of nitro benzene ring substituents is 2. The first-order valence-corrected chi connectivity index (χ1v) is 5.80. The zero-order valence-electron chi connectivity index (χ0n) is 11.1. The lowest BCUT2D eigenvalue weighted by Gasteiger charge is -2.04. The van der Waals surface area contributed by atoms with Crippen LogP contribution >= 0.6 is 0 Å². The highest BCUT2D eigenvalue weighted by molar-refractivity contribution is 5.97. The Bertz CT molecular complexity index is 733. The van der Waals surface area contributed by atoms with E-state index in [1.807, 2.05) is 0 Å². The van der Waals surface area contributed by atoms with Crippen LogP contribution in [0.3, 0.4) is 0 Å². The zero-order valence-corrected chi connectivity index (χ0v) is 11.1. The molecule has 0 radical (unpaired) electrons. The minimum Gasteiger partial charge on any atom is -0.270 e. The molecule has 9 nitrogen and oxygen atoms in total. The van der Waals surface area contributed by atoms with E-state index in [4.69, 9.17) is 0 Å². The smallest absolute Gasteiger partial charge is 0.270 e. The number of nitrogens with zero attached hydrogens (tertiary/aromatic N) is 4. The number of non-ortho nitro benzene ring substituents is 2. The van der Waals surface area contributed by atoms with E-state index in [1.165, 1.54) is 10.8 Å². The van der Waals surface area contributed by atoms with E-state index in [0.717, 1.165) is 18.2 Å². The fraction of sp³-hybridized carbons (Fsp3) is 0.167. The van der Waals surface area contributed by atoms with Gasteiger partial charge in [-0.1, -0.05) is 0 Å². The van der Waals surface area contributed by atoms with Crippen molar-refractivity contribution in [2.24, 2.45) is 0 Å². The van der Waals surface area contributed by atoms with Gasteiger partial charge < -0.3 is 0 Å². The van der Waals surface area contributed by atoms with E-state index in [2.05, 4.69) is 4.98 Å². The molecule has 0 unspecified atom stereocenters. The van der Waals surface area contributed by atoms with Crippen molar-refractivity contribution in [2.75, 3.05) is 0 Å². The molecule has 0 amide bonds. The summed E-state index contributed by atoms with van der Waals surface area (Å²) in [4.78, 5) is 36.4. The summed E-state index contributed by atoms with van der Waals surface area (Å²) in [6, 6.07) is 2.82. The molecule has 21 heavy (non-hydrogen) atoms. The molecule has 0 spiro atoms. The van der Waals surface area contributed by atoms with Crippen molar-refractivity contribution in [3.63, 3.8) is 0 Å². The third-order valence-corrected chi connectivity index (χ3v) is 2.79. The van der Waals surface area contributed by atoms with Crippen molar-refractivity contribution >= 4 is 17.3 Å². The van der Waals surface area contributed by atoms with Crippen LogP contribution in [0.2, 0.25) is 0 Å². The van der Waals surface area contributed by atoms with Crippen LogP contribution in [-0.2, 0) is 0 Å². The fourth-order valence-corrected chi connectivity index (χ4v) is 1.89. The average molecular weight is 290 g/mol. The third-order valence-electron chi connectivity index (χ3n) is 2.79. The Balaban J connectivity index is 2.57. The highest BCUT2D eigenvalue weighted by Gasteiger charge is 2.21. The molecule has 0 fully saturated rings. The van der Waals surface area contributed by atoms with Crippen molar-refractivity contribution in [2.45, 2.75) is 13.8 Å². The summed E-state index contributed by atoms with van der Waals surface area (Å²) in [5.41, 5.74) is -0.568. The maximum absolute atomic E-state index is 12.3. The van der Waals surface area contributed by atoms with Crippen LogP contribution in [0, 0.1) is 34.1 Å². The second kappa shape index (κ2) is 5.12. The van der Waals surface area contributed by atoms with Crippen molar-refractivity contribution in [1.29, 1.82) is 0 Å². The normalized spacial score (nSPS) is 10.4. The van der Waals surface area contributed by atoms with E-state index in [1.54, 1.807) is 13.8 Å². The first kappa shape index (κ1) is 14.3. The second-order valence-corrected chi connectivity index (χ2v) is 4.36. The molecule has 0 aliphatic heterocycles. The molecule has 1 heterocycles. The summed E-state index contributed by atoms with van der Waals surface area (Å²) < 4.78 is 1.19. The number of aromatic nitrogens is 2. The van der Waals surface area contributed by atoms with Crippen LogP contribution in [-0.4, -0.2) is 25.3 Å². The topological polar surface area (TPSA) is 121 Å². The summed E-state index contributed by atoms with van der Waals surface area (Å²) in [6.45, 7) is 3.28. The highest BCUT2D eigenvalue weighted by Crippen LogP contribution is 2.23. The number of rotatable bonds is 3. The fourth-order valence-electron chi connectivity index (χ4n) is 1.89. The molecule has 0 saturated heterocycles. The lowest BCUT2D eigenvalue weighted by molar-refractivity contribution is -0.394. The van der Waals surface area contributed by atoms with Crippen LogP contribution in [0.5, 0.6) is 0 Å². The van der Waals surface area contributed by atoms with Gasteiger partial charge in [-0.2, -0.15) is 0 Å². The molecule has 0 saturated carbocycles. The van der Waals surface area contributed by atoms with Gasteiger partial charge in [0.15, 0.2) is 0 Å². The van der Waals surface area contributed by atoms with Gasteiger partial charge in [0.25, 0.3) is 17.3 Å². The first-order valence-electron chi connectivity index (χ1n) is 5.80. The second-order valence-electron chi connectivity index (χ2n) is 4.36. The van der Waals surface area contributed by atoms with E-state index in [0.29, 0.717) is 11.5 Å². The molecule has 0 aliphatic carbocycles. The van der Waals surface area contributed by atoms with Gasteiger partial charge in [-0.25, -0.2) is 4.98 Å². The molecule has 0 bridgehead atoms. The molecular weight excluding hydrogens is 280 g/mol. The molecule has 1 aromatic heterocycles. The molecule has 108 valence electrons. The Morgan fingerprint density at radius 3 is 2.00 bits per heavy atom. The number of benzene rings is 1. The number of imidazole rings is 1. The van der Waals surface area contributed by atoms with Crippen molar-refractivity contribution in [3.8, 4) is 0 Å². The Morgan fingerprint density at radius 2 is 1.62 bits per heavy atom. The van der Waals surface area contributed by atoms with Crippen LogP contribution in [0.1, 0.15) is 21.9 Å². The Labute approximate surface area is 118 Å². The lowest BCUT2D eigenvalue weighted by atomic mass is 10.1. The van der Waals surface area contributed by atoms with Gasteiger partial charge >= 0.3 is 0 Å². The van der Waals surface area contributed by atoms with E-state index >= 15 is 0 Å². The van der Waals surface area contributed by atoms with E-state index in [9.17, 15) is 25.0 Å². The Kier molecular flexibility index (Phi) is 3.49. The third kappa shape index (κ3) is 2.76. The minimum absolute atomic E-state index is 0.142. The molecule has 1 aromatic carbocycles. The van der Waals surface area contributed by atoms with Crippen LogP contribution in [0.25, 0.3) is 0 Å². The quantitative estimate of drug-likeness (QED) is 0.629. The summed E-state index contributed by atoms with van der Waals surface area (Å²) in [7, 11) is 0. The molecule has 2 aromatic rings. The number of hydrogen-bond donors (Lipinski definition) is 0. The maximum atomic E-state index is 12.3. The predicted octanol–water partition coefficient (Wildman–Crippen LogP) is 2.00. The Hall–Kier alpha value is -3.10. The van der Waals surface area contributed by atoms with Crippen LogP contribution in [0.15, 0.2) is 24.4 Å². The molecular formula is C12H10N4O5. The minimum atomic E-state index is -0.782. The van der Waals surface area contributed by atoms with Gasteiger partial charge in [-0.05, 0) is 13.8 Å². The average Bonchev–Trinajstić information content (AvgIpc) is 2.76. The van der Waals surface area contributed by atoms with Gasteiger partial charge in [0.2, 0.25) is 0 Å². The molecule has 9 heteroatoms. The lowest BCUT2D eigenvalue weighted by Crippen LogP contribution is -2.13. The number of nitro groups is 2. The largest absolute Gasteiger partial charge is 0.277 e. The van der Waals surface area contributed by atoms with E-state index < -0.39 is 27.1 Å². The van der Waals surface area contributed by atoms with Crippen LogP contribution in [0.4, 0.5) is 11.4 Å². The molecule has 0 atom stereocenters. The first-order chi connectivity index (χ1) is 9.79. The van der Waals surface area contributed by atoms with Crippen molar-refractivity contribution in [3.05, 3.63) is 61.7 Å². The van der Waals surface area contributed by atoms with Gasteiger partial charge in [-0.3, -0.25) is 29.6 Å². The molecule has 2 rings (SSSR count).